The molecule has 7 heterocycles. The maximum atomic E-state index is 9.32. The van der Waals surface area contributed by atoms with Gasteiger partial charge in [-0.1, -0.05) is 183 Å². The van der Waals surface area contributed by atoms with E-state index in [9.17, 15) is 5.26 Å². The van der Waals surface area contributed by atoms with Crippen molar-refractivity contribution < 1.29 is 0 Å². The Morgan fingerprint density at radius 3 is 1.10 bits per heavy atom. The Bertz CT molecular complexity index is 4260. The van der Waals surface area contributed by atoms with Crippen LogP contribution < -0.4 is 65.8 Å². The number of rotatable bonds is 18. The molecule has 0 aromatic heterocycles. The lowest BCUT2D eigenvalue weighted by Crippen LogP contribution is -2.44. The predicted octanol–water partition coefficient (Wildman–Crippen LogP) is 19.2. The van der Waals surface area contributed by atoms with Crippen molar-refractivity contribution in [2.24, 2.45) is 0 Å². The van der Waals surface area contributed by atoms with Gasteiger partial charge in [-0.25, -0.2) is 0 Å². The van der Waals surface area contributed by atoms with E-state index in [1.807, 2.05) is 6.07 Å². The highest BCUT2D eigenvalue weighted by atomic mass is 35.5. The lowest BCUT2D eigenvalue weighted by atomic mass is 9.93. The Hall–Kier alpha value is -7.60. The van der Waals surface area contributed by atoms with Crippen LogP contribution in [0.3, 0.4) is 0 Å². The van der Waals surface area contributed by atoms with Crippen LogP contribution in [0.15, 0.2) is 115 Å². The Morgan fingerprint density at radius 1 is 0.331 bits per heavy atom. The van der Waals surface area contributed by atoms with Gasteiger partial charge in [-0.15, -0.1) is 0 Å². The summed E-state index contributed by atoms with van der Waals surface area (Å²) in [6, 6.07) is 45.4. The second-order valence-corrected chi connectivity index (χ2v) is 39.0. The quantitative estimate of drug-likeness (QED) is 0.0560. The van der Waals surface area contributed by atoms with Gasteiger partial charge in [-0.3, -0.25) is 0 Å². The highest BCUT2D eigenvalue weighted by Crippen LogP contribution is 2.37. The minimum Gasteiger partial charge on any atom is -0.376 e. The summed E-state index contributed by atoms with van der Waals surface area (Å²) < 4.78 is 0. The number of nitriles is 1. The van der Waals surface area contributed by atoms with E-state index >= 15 is 0 Å². The van der Waals surface area contributed by atoms with Gasteiger partial charge in [0, 0.05) is 237 Å². The number of aryl methyl sites for hydroxylation is 2. The van der Waals surface area contributed by atoms with Crippen molar-refractivity contribution in [3.63, 3.8) is 0 Å². The van der Waals surface area contributed by atoms with Gasteiger partial charge < -0.3 is 80.5 Å². The lowest BCUT2D eigenvalue weighted by molar-refractivity contribution is 0.313. The fourth-order valence-corrected chi connectivity index (χ4v) is 18.0. The van der Waals surface area contributed by atoms with Gasteiger partial charge in [-0.05, 0) is 230 Å². The lowest BCUT2D eigenvalue weighted by Gasteiger charge is -2.34. The van der Waals surface area contributed by atoms with Crippen LogP contribution >= 0.6 is 11.6 Å². The van der Waals surface area contributed by atoms with Gasteiger partial charge in [0.1, 0.15) is 6.07 Å². The summed E-state index contributed by atoms with van der Waals surface area (Å²) in [7, 11) is 12.9. The fourth-order valence-electron chi connectivity index (χ4n) is 17.6. The van der Waals surface area contributed by atoms with Crippen LogP contribution in [-0.2, 0) is 6.54 Å². The van der Waals surface area contributed by atoms with Crippen LogP contribution in [0.2, 0.25) is 5.02 Å². The zero-order chi connectivity index (χ0) is 90.4. The minimum absolute atomic E-state index is 0.471. The number of likely N-dealkylation sites (N-methyl/N-ethyl adjacent to an activating group) is 2. The van der Waals surface area contributed by atoms with Crippen LogP contribution in [0.4, 0.5) is 45.5 Å². The molecule has 0 spiro atoms. The van der Waals surface area contributed by atoms with Gasteiger partial charge in [0.15, 0.2) is 0 Å². The Morgan fingerprint density at radius 2 is 0.685 bits per heavy atom. The van der Waals surface area contributed by atoms with Crippen molar-refractivity contribution in [3.8, 4) is 6.07 Å². The number of hydrogen-bond donors (Lipinski definition) is 5. The number of hydrogen-bond acceptors (Lipinski definition) is 17. The summed E-state index contributed by atoms with van der Waals surface area (Å²) in [5.41, 5.74) is 30.1. The van der Waals surface area contributed by atoms with E-state index in [1.54, 1.807) is 0 Å². The first kappa shape index (κ1) is 102. The minimum atomic E-state index is 0.471. The smallest absolute Gasteiger partial charge is 0.101 e. The predicted molar refractivity (Wildman–Crippen MR) is 543 cm³/mol. The molecule has 7 fully saturated rings. The standard InChI is InChI=1S/C16H27N3.C16H26N2.C15H25N3.C15H21N3.2C15H24N2.C14H21ClN2/c1-13(2)14-5-6-16(15(11-14)12-18(3)4)19-9-7-17-8-10-19;1-12(2)14-5-6-16(15(11-14)13(3)4)18-9-7-17-8-10-18;1-12(2)13-5-6-14(15(11-13)17(3)4)18-9-7-16-8-10-18;1-12(2)13-4-5-15(14(10-13)11-16)18-8-6-17(3)7-9-18;1-11(2)14-9-12(3)15(13(4)10-14)17-7-5-16-6-8-17;1-11(2)14-5-6-15(13(4)12(14)3)17-9-7-16-8-10-17;1-11(2)13-5-4-12(10-14(13)15)17-8-6-16(3)7-9-17/h5-6,11,13,17H,7-10,12H2,1-4H3;5-6,11-13,17H,7-10H2,1-4H3;5-6,11-12,16H,7-10H2,1-4H3;4-5,10,12H,6-9H2,1-3H3;9-11,16H,5-8H2,1-4H3;5-6,11,16H,7-10H2,1-4H3;4-5,10-11H,6-9H2,1-3H3. The summed E-state index contributed by atoms with van der Waals surface area (Å²) in [4.78, 5) is 26.4. The van der Waals surface area contributed by atoms with Crippen molar-refractivity contribution in [3.05, 3.63) is 198 Å². The van der Waals surface area contributed by atoms with Crippen LogP contribution in [0, 0.1) is 39.0 Å². The topological polar surface area (TPSA) is 120 Å². The average Bonchev–Trinajstić information content (AvgIpc) is 0.835. The van der Waals surface area contributed by atoms with Crippen molar-refractivity contribution in [2.75, 3.05) is 265 Å². The summed E-state index contributed by atoms with van der Waals surface area (Å²) >= 11 is 6.34. The second kappa shape index (κ2) is 50.8. The molecule has 7 aliphatic rings. The number of anilines is 8. The number of piperazine rings is 7. The molecule has 684 valence electrons. The van der Waals surface area contributed by atoms with E-state index in [0.717, 1.165) is 206 Å². The third-order valence-corrected chi connectivity index (χ3v) is 26.1. The molecular weight excluding hydrogens is 1550 g/mol. The molecule has 0 amide bonds. The molecule has 0 radical (unpaired) electrons. The van der Waals surface area contributed by atoms with Gasteiger partial charge in [0.05, 0.1) is 22.6 Å². The first-order chi connectivity index (χ1) is 59.1. The van der Waals surface area contributed by atoms with E-state index in [-0.39, 0.29) is 0 Å². The number of nitrogens with zero attached hydrogens (tertiary/aromatic N) is 12. The van der Waals surface area contributed by atoms with Gasteiger partial charge in [0.25, 0.3) is 0 Å². The fraction of sp³-hybridized carbons (Fsp3) is 0.594. The Kier molecular flexibility index (Phi) is 41.7. The van der Waals surface area contributed by atoms with Crippen LogP contribution in [0.25, 0.3) is 0 Å². The van der Waals surface area contributed by atoms with Gasteiger partial charge >= 0.3 is 0 Å². The molecule has 7 aliphatic heterocycles. The summed E-state index contributed by atoms with van der Waals surface area (Å²) in [6.07, 6.45) is 0. The molecule has 0 aliphatic carbocycles. The maximum absolute atomic E-state index is 9.32. The van der Waals surface area contributed by atoms with Crippen LogP contribution in [0.5, 0.6) is 0 Å². The molecule has 7 aromatic rings. The van der Waals surface area contributed by atoms with Crippen molar-refractivity contribution in [2.45, 2.75) is 192 Å². The van der Waals surface area contributed by atoms with Crippen molar-refractivity contribution >= 4 is 57.1 Å². The molecular formula is C106H168ClN17. The molecule has 14 rings (SSSR count). The molecule has 0 unspecified atom stereocenters. The van der Waals surface area contributed by atoms with Crippen molar-refractivity contribution in [1.29, 1.82) is 5.26 Å². The number of nitrogens with one attached hydrogen (secondary N) is 5. The maximum Gasteiger partial charge on any atom is 0.101 e. The zero-order valence-electron chi connectivity index (χ0n) is 82.3. The van der Waals surface area contributed by atoms with E-state index in [1.165, 1.54) is 112 Å². The molecule has 18 heteroatoms. The second-order valence-electron chi connectivity index (χ2n) is 38.6. The molecule has 5 N–H and O–H groups in total. The Labute approximate surface area is 760 Å². The number of benzene rings is 7. The first-order valence-corrected chi connectivity index (χ1v) is 48.0. The largest absolute Gasteiger partial charge is 0.376 e. The zero-order valence-corrected chi connectivity index (χ0v) is 83.1. The first-order valence-electron chi connectivity index (χ1n) is 47.6. The SMILES string of the molecule is CC(C)c1ccc(N2CCN(C)CC2)c(C#N)c1.CC(C)c1ccc(N2CCN(C)CC2)cc1Cl.CC(C)c1ccc(N2CCNCC2)c(C(C)C)c1.CC(C)c1ccc(N2CCNCC2)c(CN(C)C)c1.CC(C)c1ccc(N2CCNCC2)c(N(C)C)c1.Cc1c(C(C)C)ccc(N2CCNCC2)c1C.Cc1cc(C(C)C)cc(C)c1N1CCNCC1. The molecule has 0 bridgehead atoms. The Balaban J connectivity index is 0.000000179. The molecule has 17 nitrogen and oxygen atoms in total. The van der Waals surface area contributed by atoms with Crippen LogP contribution in [-0.4, -0.2) is 240 Å². The molecule has 0 atom stereocenters. The highest BCUT2D eigenvalue weighted by molar-refractivity contribution is 6.31. The molecule has 124 heavy (non-hydrogen) atoms. The van der Waals surface area contributed by atoms with E-state index in [0.29, 0.717) is 47.3 Å². The van der Waals surface area contributed by atoms with Gasteiger partial charge in [-0.2, -0.15) is 5.26 Å². The van der Waals surface area contributed by atoms with E-state index in [2.05, 4.69) is 377 Å². The normalized spacial score (nSPS) is 16.8. The van der Waals surface area contributed by atoms with E-state index < -0.39 is 0 Å². The van der Waals surface area contributed by atoms with Gasteiger partial charge in [0.2, 0.25) is 0 Å². The van der Waals surface area contributed by atoms with E-state index in [4.69, 9.17) is 11.6 Å². The number of halogens is 1. The average molecular weight is 1720 g/mol. The third kappa shape index (κ3) is 30.3. The highest BCUT2D eigenvalue weighted by Gasteiger charge is 2.25. The summed E-state index contributed by atoms with van der Waals surface area (Å²) in [6.45, 7) is 76.6. The molecule has 7 aromatic carbocycles. The third-order valence-electron chi connectivity index (χ3n) is 25.7. The van der Waals surface area contributed by atoms with Crippen LogP contribution in [0.1, 0.15) is 236 Å². The summed E-state index contributed by atoms with van der Waals surface area (Å²) in [5, 5.41) is 27.3. The van der Waals surface area contributed by atoms with Crippen molar-refractivity contribution in [1.82, 2.24) is 41.3 Å². The monoisotopic (exact) mass is 1710 g/mol. The molecule has 0 saturated carbocycles. The summed E-state index contributed by atoms with van der Waals surface area (Å²) in [5.74, 6) is 4.57. The molecule has 7 saturated heterocycles.